The Kier molecular flexibility index (Phi) is 4.44. The highest BCUT2D eigenvalue weighted by molar-refractivity contribution is 7.10. The molecule has 5 heteroatoms. The molecule has 4 nitrogen and oxygen atoms in total. The largest absolute Gasteiger partial charge is 0.449 e. The van der Waals surface area contributed by atoms with Crippen LogP contribution in [0.1, 0.15) is 50.3 Å². The number of carbonyl (C=O) groups is 2. The number of hydrogen-bond donors (Lipinski definition) is 1. The number of amides is 1. The van der Waals surface area contributed by atoms with E-state index in [9.17, 15) is 9.59 Å². The van der Waals surface area contributed by atoms with Crippen LogP contribution >= 0.6 is 11.3 Å². The van der Waals surface area contributed by atoms with Crippen LogP contribution in [0, 0.1) is 17.8 Å². The van der Waals surface area contributed by atoms with Gasteiger partial charge in [-0.15, -0.1) is 11.3 Å². The molecule has 0 aromatic carbocycles. The molecule has 0 saturated heterocycles. The lowest BCUT2D eigenvalue weighted by atomic mass is 9.53. The maximum atomic E-state index is 12.6. The third-order valence-electron chi connectivity index (χ3n) is 6.02. The van der Waals surface area contributed by atoms with Gasteiger partial charge in [-0.1, -0.05) is 6.07 Å². The minimum Gasteiger partial charge on any atom is -0.449 e. The predicted octanol–water partition coefficient (Wildman–Crippen LogP) is 3.78. The Balaban J connectivity index is 1.32. The summed E-state index contributed by atoms with van der Waals surface area (Å²) >= 11 is 1.55. The third kappa shape index (κ3) is 3.66. The molecule has 134 valence electrons. The molecule has 1 N–H and O–H groups in total. The average molecular weight is 359 g/mol. The Morgan fingerprint density at radius 2 is 1.88 bits per heavy atom. The number of carbonyl (C=O) groups excluding carboxylic acids is 2. The molecule has 0 radical (unpaired) electrons. The predicted molar refractivity (Wildman–Crippen MR) is 98.0 cm³/mol. The molecule has 1 aromatic heterocycles. The smallest absolute Gasteiger partial charge is 0.331 e. The van der Waals surface area contributed by atoms with Crippen LogP contribution in [-0.2, 0) is 14.3 Å². The fourth-order valence-electron chi connectivity index (χ4n) is 5.43. The van der Waals surface area contributed by atoms with Crippen molar-refractivity contribution >= 4 is 29.3 Å². The van der Waals surface area contributed by atoms with E-state index in [1.54, 1.807) is 24.3 Å². The van der Waals surface area contributed by atoms with E-state index in [2.05, 4.69) is 5.32 Å². The molecule has 4 aliphatic carbocycles. The molecule has 1 aromatic rings. The standard InChI is InChI=1S/C20H25NO3S/c1-13(24-18(22)5-4-17-3-2-6-25-17)19(23)21-20-10-14-7-15(11-20)9-16(8-14)12-20/h2-6,13-16H,7-12H2,1H3,(H,21,23)/b5-4+/t13-,14?,15?,16?,20?/m0/s1. The minimum atomic E-state index is -0.756. The summed E-state index contributed by atoms with van der Waals surface area (Å²) in [5, 5.41) is 5.21. The van der Waals surface area contributed by atoms with E-state index in [1.807, 2.05) is 17.5 Å². The van der Waals surface area contributed by atoms with Crippen LogP contribution in [-0.4, -0.2) is 23.5 Å². The number of ether oxygens (including phenoxy) is 1. The fourth-order valence-corrected chi connectivity index (χ4v) is 6.05. The molecule has 1 heterocycles. The zero-order valence-corrected chi connectivity index (χ0v) is 15.4. The molecule has 0 aliphatic heterocycles. The van der Waals surface area contributed by atoms with E-state index in [1.165, 1.54) is 25.3 Å². The van der Waals surface area contributed by atoms with Crippen molar-refractivity contribution < 1.29 is 14.3 Å². The van der Waals surface area contributed by atoms with Crippen LogP contribution in [0.2, 0.25) is 0 Å². The molecule has 4 saturated carbocycles. The summed E-state index contributed by atoms with van der Waals surface area (Å²) in [5.74, 6) is 1.70. The number of esters is 1. The fraction of sp³-hybridized carbons (Fsp3) is 0.600. The summed E-state index contributed by atoms with van der Waals surface area (Å²) in [6.45, 7) is 1.66. The molecule has 1 atom stereocenters. The third-order valence-corrected chi connectivity index (χ3v) is 6.85. The second-order valence-corrected chi connectivity index (χ2v) is 9.09. The second kappa shape index (κ2) is 6.60. The lowest BCUT2D eigenvalue weighted by Crippen LogP contribution is -2.61. The van der Waals surface area contributed by atoms with E-state index in [-0.39, 0.29) is 11.4 Å². The summed E-state index contributed by atoms with van der Waals surface area (Å²) < 4.78 is 5.29. The molecule has 25 heavy (non-hydrogen) atoms. The highest BCUT2D eigenvalue weighted by Crippen LogP contribution is 2.55. The van der Waals surface area contributed by atoms with Gasteiger partial charge in [-0.05, 0) is 80.7 Å². The van der Waals surface area contributed by atoms with Crippen molar-refractivity contribution in [1.82, 2.24) is 5.32 Å². The first-order valence-corrected chi connectivity index (χ1v) is 10.1. The van der Waals surface area contributed by atoms with Gasteiger partial charge in [0.15, 0.2) is 6.10 Å². The van der Waals surface area contributed by atoms with E-state index < -0.39 is 12.1 Å². The van der Waals surface area contributed by atoms with Crippen molar-refractivity contribution in [2.24, 2.45) is 17.8 Å². The van der Waals surface area contributed by atoms with Crippen molar-refractivity contribution in [1.29, 1.82) is 0 Å². The molecular formula is C20H25NO3S. The second-order valence-electron chi connectivity index (χ2n) is 8.12. The van der Waals surface area contributed by atoms with E-state index >= 15 is 0 Å². The van der Waals surface area contributed by atoms with Crippen molar-refractivity contribution in [3.05, 3.63) is 28.5 Å². The van der Waals surface area contributed by atoms with E-state index in [4.69, 9.17) is 4.74 Å². The maximum Gasteiger partial charge on any atom is 0.331 e. The molecule has 0 unspecified atom stereocenters. The van der Waals surface area contributed by atoms with Crippen molar-refractivity contribution in [3.8, 4) is 0 Å². The van der Waals surface area contributed by atoms with Gasteiger partial charge in [0.2, 0.25) is 0 Å². The van der Waals surface area contributed by atoms with Crippen LogP contribution in [0.25, 0.3) is 6.08 Å². The quantitative estimate of drug-likeness (QED) is 0.643. The van der Waals surface area contributed by atoms with Gasteiger partial charge < -0.3 is 10.1 Å². The van der Waals surface area contributed by atoms with E-state index in [0.717, 1.165) is 41.9 Å². The van der Waals surface area contributed by atoms with Gasteiger partial charge in [-0.2, -0.15) is 0 Å². The zero-order chi connectivity index (χ0) is 17.4. The monoisotopic (exact) mass is 359 g/mol. The van der Waals surface area contributed by atoms with Gasteiger partial charge in [0.05, 0.1) is 0 Å². The van der Waals surface area contributed by atoms with Crippen molar-refractivity contribution in [3.63, 3.8) is 0 Å². The number of nitrogens with one attached hydrogen (secondary N) is 1. The van der Waals surface area contributed by atoms with Crippen LogP contribution in [0.3, 0.4) is 0 Å². The Hall–Kier alpha value is -1.62. The lowest BCUT2D eigenvalue weighted by Gasteiger charge is -2.57. The van der Waals surface area contributed by atoms with Crippen molar-refractivity contribution in [2.75, 3.05) is 0 Å². The molecular weight excluding hydrogens is 334 g/mol. The number of hydrogen-bond acceptors (Lipinski definition) is 4. The van der Waals surface area contributed by atoms with Gasteiger partial charge in [0, 0.05) is 16.5 Å². The minimum absolute atomic E-state index is 0.0424. The van der Waals surface area contributed by atoms with Crippen molar-refractivity contribution in [2.45, 2.75) is 57.1 Å². The maximum absolute atomic E-state index is 12.6. The summed E-state index contributed by atoms with van der Waals surface area (Å²) in [7, 11) is 0. The summed E-state index contributed by atoms with van der Waals surface area (Å²) in [5.41, 5.74) is -0.0424. The van der Waals surface area contributed by atoms with Gasteiger partial charge in [0.25, 0.3) is 5.91 Å². The molecule has 4 aliphatic rings. The zero-order valence-electron chi connectivity index (χ0n) is 14.6. The van der Waals surface area contributed by atoms with Gasteiger partial charge in [-0.25, -0.2) is 4.79 Å². The normalized spacial score (nSPS) is 34.2. The highest BCUT2D eigenvalue weighted by Gasteiger charge is 2.51. The van der Waals surface area contributed by atoms with Crippen LogP contribution in [0.5, 0.6) is 0 Å². The summed E-state index contributed by atoms with van der Waals surface area (Å²) in [6, 6.07) is 3.86. The number of thiophene rings is 1. The van der Waals surface area contributed by atoms with Crippen LogP contribution < -0.4 is 5.32 Å². The molecule has 0 spiro atoms. The SMILES string of the molecule is C[C@H](OC(=O)/C=C/c1cccs1)C(=O)NC12CC3CC(CC(C3)C1)C2. The van der Waals surface area contributed by atoms with Gasteiger partial charge in [-0.3, -0.25) is 4.79 Å². The van der Waals surface area contributed by atoms with E-state index in [0.29, 0.717) is 0 Å². The van der Waals surface area contributed by atoms with Crippen LogP contribution in [0.4, 0.5) is 0 Å². The molecule has 5 rings (SSSR count). The first-order chi connectivity index (χ1) is 12.0. The summed E-state index contributed by atoms with van der Waals surface area (Å²) in [4.78, 5) is 25.5. The topological polar surface area (TPSA) is 55.4 Å². The Labute approximate surface area is 152 Å². The Morgan fingerprint density at radius 1 is 1.24 bits per heavy atom. The molecule has 4 fully saturated rings. The van der Waals surface area contributed by atoms with Gasteiger partial charge in [0.1, 0.15) is 0 Å². The molecule has 1 amide bonds. The molecule has 4 bridgehead atoms. The van der Waals surface area contributed by atoms with Crippen LogP contribution in [0.15, 0.2) is 23.6 Å². The number of rotatable bonds is 5. The van der Waals surface area contributed by atoms with Gasteiger partial charge >= 0.3 is 5.97 Å². The Bertz CT molecular complexity index is 644. The first kappa shape index (κ1) is 16.8. The first-order valence-electron chi connectivity index (χ1n) is 9.25. The lowest BCUT2D eigenvalue weighted by molar-refractivity contribution is -0.152. The average Bonchev–Trinajstić information content (AvgIpc) is 3.04. The highest BCUT2D eigenvalue weighted by atomic mass is 32.1. The Morgan fingerprint density at radius 3 is 2.44 bits per heavy atom. The summed E-state index contributed by atoms with van der Waals surface area (Å²) in [6.07, 6.45) is 9.68.